The first-order valence-electron chi connectivity index (χ1n) is 7.64. The van der Waals surface area contributed by atoms with Crippen LogP contribution in [0.3, 0.4) is 0 Å². The van der Waals surface area contributed by atoms with E-state index in [0.29, 0.717) is 18.7 Å². The zero-order valence-electron chi connectivity index (χ0n) is 12.7. The van der Waals surface area contributed by atoms with Gasteiger partial charge in [0.2, 0.25) is 0 Å². The molecule has 1 aliphatic heterocycles. The number of hydrogen-bond acceptors (Lipinski definition) is 2. The molecule has 4 nitrogen and oxygen atoms in total. The van der Waals surface area contributed by atoms with Crippen LogP contribution in [0.25, 0.3) is 0 Å². The van der Waals surface area contributed by atoms with Gasteiger partial charge in [-0.15, -0.1) is 0 Å². The second kappa shape index (κ2) is 6.74. The van der Waals surface area contributed by atoms with Gasteiger partial charge in [-0.2, -0.15) is 0 Å². The monoisotopic (exact) mass is 289 g/mol. The average molecular weight is 289 g/mol. The van der Waals surface area contributed by atoms with Gasteiger partial charge in [0.15, 0.2) is 0 Å². The fourth-order valence-corrected chi connectivity index (χ4v) is 2.83. The van der Waals surface area contributed by atoms with Crippen LogP contribution in [0, 0.1) is 11.8 Å². The van der Waals surface area contributed by atoms with Crippen LogP contribution in [-0.4, -0.2) is 35.0 Å². The lowest BCUT2D eigenvalue weighted by Crippen LogP contribution is -2.29. The molecule has 2 atom stereocenters. The van der Waals surface area contributed by atoms with Crippen molar-refractivity contribution in [3.63, 3.8) is 0 Å². The van der Waals surface area contributed by atoms with Crippen LogP contribution >= 0.6 is 0 Å². The molecule has 0 saturated carbocycles. The van der Waals surface area contributed by atoms with E-state index in [1.54, 1.807) is 4.90 Å². The van der Waals surface area contributed by atoms with E-state index < -0.39 is 11.9 Å². The molecule has 0 spiro atoms. The third-order valence-electron chi connectivity index (χ3n) is 4.24. The van der Waals surface area contributed by atoms with E-state index in [1.807, 2.05) is 31.2 Å². The number of aliphatic carboxylic acids is 1. The normalized spacial score (nSPS) is 21.5. The summed E-state index contributed by atoms with van der Waals surface area (Å²) in [6.45, 7) is 4.88. The van der Waals surface area contributed by atoms with Crippen LogP contribution in [-0.2, 0) is 11.2 Å². The third-order valence-corrected chi connectivity index (χ3v) is 4.24. The molecule has 1 N–H and O–H groups in total. The van der Waals surface area contributed by atoms with E-state index in [-0.39, 0.29) is 11.8 Å². The van der Waals surface area contributed by atoms with Crippen LogP contribution in [0.4, 0.5) is 0 Å². The summed E-state index contributed by atoms with van der Waals surface area (Å²) in [7, 11) is 0. The number of nitrogens with zero attached hydrogens (tertiary/aromatic N) is 1. The Morgan fingerprint density at radius 1 is 1.24 bits per heavy atom. The molecule has 1 amide bonds. The van der Waals surface area contributed by atoms with Gasteiger partial charge in [-0.25, -0.2) is 0 Å². The molecule has 0 radical (unpaired) electrons. The third kappa shape index (κ3) is 3.63. The number of benzene rings is 1. The number of rotatable bonds is 5. The number of carbonyl (C=O) groups excluding carboxylic acids is 1. The molecule has 1 aliphatic rings. The highest BCUT2D eigenvalue weighted by Gasteiger charge is 2.37. The first-order chi connectivity index (χ1) is 10.0. The smallest absolute Gasteiger partial charge is 0.308 e. The molecule has 4 heteroatoms. The molecular formula is C17H23NO3. The van der Waals surface area contributed by atoms with Crippen LogP contribution in [0.15, 0.2) is 24.3 Å². The van der Waals surface area contributed by atoms with E-state index in [0.717, 1.165) is 19.3 Å². The number of unbranched alkanes of at least 4 members (excludes halogenated alkanes) is 1. The van der Waals surface area contributed by atoms with Gasteiger partial charge in [0, 0.05) is 18.7 Å². The van der Waals surface area contributed by atoms with Crippen molar-refractivity contribution in [1.82, 2.24) is 4.90 Å². The van der Waals surface area contributed by atoms with E-state index in [2.05, 4.69) is 6.92 Å². The molecule has 1 aromatic rings. The van der Waals surface area contributed by atoms with Crippen molar-refractivity contribution in [3.8, 4) is 0 Å². The molecule has 0 aliphatic carbocycles. The molecule has 21 heavy (non-hydrogen) atoms. The predicted octanol–water partition coefficient (Wildman–Crippen LogP) is 2.82. The van der Waals surface area contributed by atoms with Crippen molar-refractivity contribution < 1.29 is 14.7 Å². The Morgan fingerprint density at radius 3 is 2.43 bits per heavy atom. The van der Waals surface area contributed by atoms with Crippen LogP contribution in [0.2, 0.25) is 0 Å². The van der Waals surface area contributed by atoms with E-state index in [4.69, 9.17) is 5.11 Å². The van der Waals surface area contributed by atoms with Crippen molar-refractivity contribution in [3.05, 3.63) is 35.4 Å². The Bertz CT molecular complexity index is 509. The summed E-state index contributed by atoms with van der Waals surface area (Å²) in [6.07, 6.45) is 3.34. The van der Waals surface area contributed by atoms with Crippen molar-refractivity contribution in [1.29, 1.82) is 0 Å². The van der Waals surface area contributed by atoms with E-state index in [1.165, 1.54) is 5.56 Å². The number of amides is 1. The number of carboxylic acid groups (broad SMARTS) is 1. The highest BCUT2D eigenvalue weighted by Crippen LogP contribution is 2.24. The predicted molar refractivity (Wildman–Crippen MR) is 81.2 cm³/mol. The van der Waals surface area contributed by atoms with Crippen molar-refractivity contribution in [2.24, 2.45) is 11.8 Å². The van der Waals surface area contributed by atoms with Gasteiger partial charge < -0.3 is 10.0 Å². The summed E-state index contributed by atoms with van der Waals surface area (Å²) < 4.78 is 0. The Morgan fingerprint density at radius 2 is 1.90 bits per heavy atom. The van der Waals surface area contributed by atoms with Crippen LogP contribution < -0.4 is 0 Å². The fraction of sp³-hybridized carbons (Fsp3) is 0.529. The summed E-state index contributed by atoms with van der Waals surface area (Å²) in [4.78, 5) is 25.2. The van der Waals surface area contributed by atoms with Crippen molar-refractivity contribution in [2.75, 3.05) is 13.1 Å². The Balaban J connectivity index is 2.02. The van der Waals surface area contributed by atoms with Crippen molar-refractivity contribution in [2.45, 2.75) is 33.1 Å². The summed E-state index contributed by atoms with van der Waals surface area (Å²) in [5.74, 6) is -1.31. The lowest BCUT2D eigenvalue weighted by Gasteiger charge is -2.16. The number of likely N-dealkylation sites (tertiary alicyclic amines) is 1. The average Bonchev–Trinajstić information content (AvgIpc) is 2.87. The number of hydrogen-bond donors (Lipinski definition) is 1. The summed E-state index contributed by atoms with van der Waals surface area (Å²) in [6, 6.07) is 7.70. The maximum absolute atomic E-state index is 12.4. The fourth-order valence-electron chi connectivity index (χ4n) is 2.83. The zero-order valence-corrected chi connectivity index (χ0v) is 12.7. The highest BCUT2D eigenvalue weighted by molar-refractivity contribution is 5.94. The summed E-state index contributed by atoms with van der Waals surface area (Å²) in [5.41, 5.74) is 1.89. The number of carbonyl (C=O) groups is 2. The van der Waals surface area contributed by atoms with Gasteiger partial charge >= 0.3 is 5.97 Å². The lowest BCUT2D eigenvalue weighted by atomic mass is 9.99. The van der Waals surface area contributed by atoms with Crippen LogP contribution in [0.1, 0.15) is 42.6 Å². The zero-order chi connectivity index (χ0) is 15.4. The Kier molecular flexibility index (Phi) is 4.99. The molecule has 2 rings (SSSR count). The Labute approximate surface area is 125 Å². The SMILES string of the molecule is CCCCc1ccc(C(=O)N2CC(C)C(C(=O)O)C2)cc1. The second-order valence-corrected chi connectivity index (χ2v) is 5.93. The lowest BCUT2D eigenvalue weighted by molar-refractivity contribution is -0.142. The standard InChI is InChI=1S/C17H23NO3/c1-3-4-5-13-6-8-14(9-7-13)16(19)18-10-12(2)15(11-18)17(20)21/h6-9,12,15H,3-5,10-11H2,1-2H3,(H,20,21). The molecule has 1 fully saturated rings. The minimum Gasteiger partial charge on any atom is -0.481 e. The van der Waals surface area contributed by atoms with E-state index >= 15 is 0 Å². The maximum atomic E-state index is 12.4. The summed E-state index contributed by atoms with van der Waals surface area (Å²) in [5, 5.41) is 9.13. The molecule has 1 aromatic carbocycles. The topological polar surface area (TPSA) is 57.6 Å². The van der Waals surface area contributed by atoms with Crippen molar-refractivity contribution >= 4 is 11.9 Å². The van der Waals surface area contributed by atoms with E-state index in [9.17, 15) is 9.59 Å². The molecule has 1 saturated heterocycles. The minimum atomic E-state index is -0.812. The largest absolute Gasteiger partial charge is 0.481 e. The molecule has 0 aromatic heterocycles. The quantitative estimate of drug-likeness (QED) is 0.906. The molecule has 0 bridgehead atoms. The minimum absolute atomic E-state index is 0.00952. The molecule has 114 valence electrons. The van der Waals surface area contributed by atoms with Gasteiger partial charge in [-0.05, 0) is 36.5 Å². The number of aryl methyl sites for hydroxylation is 1. The van der Waals surface area contributed by atoms with Gasteiger partial charge in [0.05, 0.1) is 5.92 Å². The molecular weight excluding hydrogens is 266 g/mol. The Hall–Kier alpha value is -1.84. The second-order valence-electron chi connectivity index (χ2n) is 5.93. The van der Waals surface area contributed by atoms with Gasteiger partial charge in [0.25, 0.3) is 5.91 Å². The van der Waals surface area contributed by atoms with Crippen LogP contribution in [0.5, 0.6) is 0 Å². The molecule has 2 unspecified atom stereocenters. The highest BCUT2D eigenvalue weighted by atomic mass is 16.4. The first-order valence-corrected chi connectivity index (χ1v) is 7.64. The molecule has 1 heterocycles. The number of carboxylic acids is 1. The van der Waals surface area contributed by atoms with Gasteiger partial charge in [-0.1, -0.05) is 32.4 Å². The van der Waals surface area contributed by atoms with Gasteiger partial charge in [0.1, 0.15) is 0 Å². The first kappa shape index (κ1) is 15.5. The maximum Gasteiger partial charge on any atom is 0.308 e. The van der Waals surface area contributed by atoms with Gasteiger partial charge in [-0.3, -0.25) is 9.59 Å². The summed E-state index contributed by atoms with van der Waals surface area (Å²) >= 11 is 0.